The predicted molar refractivity (Wildman–Crippen MR) is 74.4 cm³/mol. The average Bonchev–Trinajstić information content (AvgIpc) is 2.44. The molecule has 19 heavy (non-hydrogen) atoms. The molecule has 0 fully saturated rings. The monoisotopic (exact) mass is 266 g/mol. The summed E-state index contributed by atoms with van der Waals surface area (Å²) in [5.41, 5.74) is 0.0566. The number of nitrogens with one attached hydrogen (secondary N) is 1. The molecule has 1 rings (SSSR count). The predicted octanol–water partition coefficient (Wildman–Crippen LogP) is 2.38. The molecule has 5 heteroatoms. The molecule has 0 aromatic carbocycles. The zero-order chi connectivity index (χ0) is 14.3. The molecule has 3 N–H and O–H groups in total. The number of carboxylic acids is 1. The number of hydrogen-bond acceptors (Lipinski definition) is 4. The first-order valence-corrected chi connectivity index (χ1v) is 6.62. The lowest BCUT2D eigenvalue weighted by Crippen LogP contribution is -2.30. The van der Waals surface area contributed by atoms with Gasteiger partial charge >= 0.3 is 5.97 Å². The van der Waals surface area contributed by atoms with Gasteiger partial charge in [0.2, 0.25) is 0 Å². The molecule has 0 atom stereocenters. The molecular weight excluding hydrogens is 244 g/mol. The van der Waals surface area contributed by atoms with E-state index in [9.17, 15) is 4.79 Å². The van der Waals surface area contributed by atoms with E-state index >= 15 is 0 Å². The molecule has 5 nitrogen and oxygen atoms in total. The summed E-state index contributed by atoms with van der Waals surface area (Å²) in [7, 11) is 0. The van der Waals surface area contributed by atoms with Gasteiger partial charge in [-0.2, -0.15) is 0 Å². The van der Waals surface area contributed by atoms with Crippen molar-refractivity contribution in [2.24, 2.45) is 5.41 Å². The smallest absolute Gasteiger partial charge is 0.354 e. The van der Waals surface area contributed by atoms with Gasteiger partial charge in [-0.25, -0.2) is 9.78 Å². The number of carbonyl (C=O) groups is 1. The van der Waals surface area contributed by atoms with Crippen molar-refractivity contribution in [1.82, 2.24) is 4.98 Å². The van der Waals surface area contributed by atoms with Gasteiger partial charge in [0.1, 0.15) is 5.82 Å². The number of nitrogens with zero attached hydrogens (tertiary/aromatic N) is 1. The van der Waals surface area contributed by atoms with Gasteiger partial charge in [-0.05, 0) is 36.8 Å². The molecule has 0 saturated heterocycles. The minimum absolute atomic E-state index is 0.0235. The minimum Gasteiger partial charge on any atom is -0.477 e. The lowest BCUT2D eigenvalue weighted by molar-refractivity contribution is 0.0690. The van der Waals surface area contributed by atoms with E-state index in [0.29, 0.717) is 12.4 Å². The van der Waals surface area contributed by atoms with Crippen LogP contribution in [0.15, 0.2) is 18.2 Å². The second kappa shape index (κ2) is 7.09. The van der Waals surface area contributed by atoms with E-state index in [1.807, 2.05) is 0 Å². The summed E-state index contributed by atoms with van der Waals surface area (Å²) in [6, 6.07) is 4.89. The first kappa shape index (κ1) is 15.4. The van der Waals surface area contributed by atoms with Crippen molar-refractivity contribution in [2.75, 3.05) is 18.5 Å². The van der Waals surface area contributed by atoms with Crippen LogP contribution in [0.25, 0.3) is 0 Å². The van der Waals surface area contributed by atoms with Crippen LogP contribution < -0.4 is 5.32 Å². The Kier molecular flexibility index (Phi) is 5.76. The maximum atomic E-state index is 10.8. The molecular formula is C14H22N2O3. The zero-order valence-electron chi connectivity index (χ0n) is 11.5. The molecule has 1 aromatic heterocycles. The summed E-state index contributed by atoms with van der Waals surface area (Å²) in [4.78, 5) is 14.9. The van der Waals surface area contributed by atoms with Crippen molar-refractivity contribution in [3.63, 3.8) is 0 Å². The number of rotatable bonds is 8. The highest BCUT2D eigenvalue weighted by Gasteiger charge is 2.25. The lowest BCUT2D eigenvalue weighted by atomic mass is 9.79. The summed E-state index contributed by atoms with van der Waals surface area (Å²) in [6.07, 6.45) is 2.64. The molecule has 106 valence electrons. The van der Waals surface area contributed by atoms with Gasteiger partial charge in [0.05, 0.1) is 0 Å². The number of aromatic carboxylic acids is 1. The Hall–Kier alpha value is -1.62. The molecule has 0 spiro atoms. The van der Waals surface area contributed by atoms with Crippen LogP contribution in [0, 0.1) is 5.41 Å². The topological polar surface area (TPSA) is 82.5 Å². The Bertz CT molecular complexity index is 417. The van der Waals surface area contributed by atoms with Crippen LogP contribution in [0.4, 0.5) is 5.82 Å². The van der Waals surface area contributed by atoms with Crippen LogP contribution in [0.1, 0.15) is 43.6 Å². The van der Waals surface area contributed by atoms with Crippen LogP contribution in [0.3, 0.4) is 0 Å². The van der Waals surface area contributed by atoms with Crippen molar-refractivity contribution in [3.05, 3.63) is 23.9 Å². The first-order valence-electron chi connectivity index (χ1n) is 6.62. The van der Waals surface area contributed by atoms with E-state index in [1.165, 1.54) is 6.07 Å². The van der Waals surface area contributed by atoms with Crippen molar-refractivity contribution in [1.29, 1.82) is 0 Å². The van der Waals surface area contributed by atoms with E-state index in [0.717, 1.165) is 19.3 Å². The van der Waals surface area contributed by atoms with Crippen LogP contribution in [0.2, 0.25) is 0 Å². The third kappa shape index (κ3) is 4.21. The Morgan fingerprint density at radius 1 is 1.37 bits per heavy atom. The maximum Gasteiger partial charge on any atom is 0.354 e. The fourth-order valence-electron chi connectivity index (χ4n) is 2.11. The highest BCUT2D eigenvalue weighted by atomic mass is 16.4. The number of hydrogen-bond donors (Lipinski definition) is 3. The Morgan fingerprint density at radius 2 is 2.05 bits per heavy atom. The maximum absolute atomic E-state index is 10.8. The molecule has 0 bridgehead atoms. The van der Waals surface area contributed by atoms with E-state index < -0.39 is 5.97 Å². The number of aromatic nitrogens is 1. The summed E-state index contributed by atoms with van der Waals surface area (Å²) in [5.74, 6) is -0.472. The van der Waals surface area contributed by atoms with Crippen LogP contribution in [-0.4, -0.2) is 34.3 Å². The minimum atomic E-state index is -1.03. The zero-order valence-corrected chi connectivity index (χ0v) is 11.5. The van der Waals surface area contributed by atoms with E-state index in [-0.39, 0.29) is 17.7 Å². The molecule has 0 aliphatic rings. The van der Waals surface area contributed by atoms with Gasteiger partial charge < -0.3 is 15.5 Å². The van der Waals surface area contributed by atoms with E-state index in [1.54, 1.807) is 12.1 Å². The highest BCUT2D eigenvalue weighted by Crippen LogP contribution is 2.30. The molecule has 0 aliphatic carbocycles. The quantitative estimate of drug-likeness (QED) is 0.673. The van der Waals surface area contributed by atoms with E-state index in [4.69, 9.17) is 10.2 Å². The Morgan fingerprint density at radius 3 is 2.58 bits per heavy atom. The summed E-state index contributed by atoms with van der Waals surface area (Å²) in [6.45, 7) is 5.03. The molecule has 0 unspecified atom stereocenters. The number of aliphatic hydroxyl groups is 1. The molecule has 0 saturated carbocycles. The summed E-state index contributed by atoms with van der Waals surface area (Å²) >= 11 is 0. The number of aliphatic hydroxyl groups excluding tert-OH is 1. The Labute approximate surface area is 113 Å². The third-order valence-electron chi connectivity index (χ3n) is 3.75. The number of carboxylic acid groups (broad SMARTS) is 1. The second-order valence-electron chi connectivity index (χ2n) is 4.75. The van der Waals surface area contributed by atoms with Crippen LogP contribution in [0.5, 0.6) is 0 Å². The van der Waals surface area contributed by atoms with Crippen molar-refractivity contribution >= 4 is 11.8 Å². The molecule has 0 radical (unpaired) electrons. The summed E-state index contributed by atoms with van der Waals surface area (Å²) < 4.78 is 0. The summed E-state index contributed by atoms with van der Waals surface area (Å²) in [5, 5.41) is 21.2. The van der Waals surface area contributed by atoms with E-state index in [2.05, 4.69) is 24.1 Å². The second-order valence-corrected chi connectivity index (χ2v) is 4.75. The van der Waals surface area contributed by atoms with Gasteiger partial charge in [-0.15, -0.1) is 0 Å². The normalized spacial score (nSPS) is 11.3. The van der Waals surface area contributed by atoms with Gasteiger partial charge in [-0.1, -0.05) is 19.9 Å². The van der Waals surface area contributed by atoms with Crippen molar-refractivity contribution in [3.8, 4) is 0 Å². The van der Waals surface area contributed by atoms with Crippen LogP contribution in [-0.2, 0) is 0 Å². The van der Waals surface area contributed by atoms with Gasteiger partial charge in [0, 0.05) is 13.2 Å². The average molecular weight is 266 g/mol. The van der Waals surface area contributed by atoms with Gasteiger partial charge in [-0.3, -0.25) is 0 Å². The first-order chi connectivity index (χ1) is 9.06. The number of pyridine rings is 1. The molecule has 0 aliphatic heterocycles. The Balaban J connectivity index is 2.74. The van der Waals surface area contributed by atoms with Crippen molar-refractivity contribution in [2.45, 2.75) is 33.1 Å². The highest BCUT2D eigenvalue weighted by molar-refractivity contribution is 5.85. The van der Waals surface area contributed by atoms with Crippen LogP contribution >= 0.6 is 0 Å². The molecule has 0 amide bonds. The SMILES string of the molecule is CCC(CC)(CCO)CNc1cccc(C(=O)O)n1. The fraction of sp³-hybridized carbons (Fsp3) is 0.571. The number of anilines is 1. The fourth-order valence-corrected chi connectivity index (χ4v) is 2.11. The standard InChI is InChI=1S/C14H22N2O3/c1-3-14(4-2,8-9-17)10-15-12-7-5-6-11(16-12)13(18)19/h5-7,17H,3-4,8-10H2,1-2H3,(H,15,16)(H,18,19). The largest absolute Gasteiger partial charge is 0.477 e. The van der Waals surface area contributed by atoms with Gasteiger partial charge in [0.15, 0.2) is 5.69 Å². The molecule has 1 heterocycles. The van der Waals surface area contributed by atoms with Gasteiger partial charge in [0.25, 0.3) is 0 Å². The lowest BCUT2D eigenvalue weighted by Gasteiger charge is -2.31. The third-order valence-corrected chi connectivity index (χ3v) is 3.75. The molecule has 1 aromatic rings. The van der Waals surface area contributed by atoms with Crippen molar-refractivity contribution < 1.29 is 15.0 Å².